The summed E-state index contributed by atoms with van der Waals surface area (Å²) in [6.07, 6.45) is -7.23. The van der Waals surface area contributed by atoms with Crippen molar-refractivity contribution in [3.05, 3.63) is 77.5 Å². The van der Waals surface area contributed by atoms with E-state index in [9.17, 15) is 39.9 Å². The lowest BCUT2D eigenvalue weighted by Crippen LogP contribution is -2.38. The van der Waals surface area contributed by atoms with Gasteiger partial charge >= 0.3 is 12.4 Å². The summed E-state index contributed by atoms with van der Waals surface area (Å²) in [6.45, 7) is 1.01. The molecule has 0 spiro atoms. The monoisotopic (exact) mass is 465 g/mol. The minimum atomic E-state index is -4.80. The van der Waals surface area contributed by atoms with Crippen LogP contribution in [0.15, 0.2) is 65.6 Å². The molecule has 0 saturated carbocycles. The molecule has 5 nitrogen and oxygen atoms in total. The molecule has 3 rings (SSSR count). The molecule has 0 bridgehead atoms. The fourth-order valence-electron chi connectivity index (χ4n) is 2.77. The molecule has 1 aliphatic heterocycles. The zero-order chi connectivity index (χ0) is 23.2. The van der Waals surface area contributed by atoms with Crippen LogP contribution in [0.5, 0.6) is 0 Å². The SMILES string of the molecule is CC1(S(=O)(=O)c2cccc(C(F)(F)F)c2)C=COC(c2ccc(C(F)(F)F)cn2)=C1O. The number of hydrogen-bond donors (Lipinski definition) is 1. The minimum Gasteiger partial charge on any atom is -0.506 e. The summed E-state index contributed by atoms with van der Waals surface area (Å²) in [5, 5.41) is 10.6. The van der Waals surface area contributed by atoms with Crippen molar-refractivity contribution in [3.63, 3.8) is 0 Å². The average Bonchev–Trinajstić information content (AvgIpc) is 2.69. The molecule has 2 aromatic rings. The maximum Gasteiger partial charge on any atom is 0.417 e. The summed E-state index contributed by atoms with van der Waals surface area (Å²) in [7, 11) is -4.65. The minimum absolute atomic E-state index is 0.305. The van der Waals surface area contributed by atoms with Gasteiger partial charge in [-0.05, 0) is 43.3 Å². The third kappa shape index (κ3) is 3.99. The molecule has 0 amide bonds. The maximum absolute atomic E-state index is 13.1. The molecular weight excluding hydrogens is 452 g/mol. The fourth-order valence-corrected chi connectivity index (χ4v) is 4.38. The molecule has 1 aromatic heterocycles. The van der Waals surface area contributed by atoms with Crippen molar-refractivity contribution >= 4 is 15.6 Å². The van der Waals surface area contributed by atoms with Gasteiger partial charge in [0.25, 0.3) is 0 Å². The van der Waals surface area contributed by atoms with E-state index < -0.39 is 54.5 Å². The van der Waals surface area contributed by atoms with E-state index in [1.54, 1.807) is 0 Å². The third-order valence-electron chi connectivity index (χ3n) is 4.61. The normalized spacial score (nSPS) is 20.0. The number of nitrogens with zero attached hydrogens (tertiary/aromatic N) is 1. The molecule has 166 valence electrons. The standard InChI is InChI=1S/C19H13F6NO4S/c1-17(31(28,29)13-4-2-3-11(9-13)18(20,21)22)7-8-30-15(16(17)27)14-6-5-12(10-26-14)19(23,24)25/h2-10,27H,1H3. The van der Waals surface area contributed by atoms with Crippen LogP contribution in [0.2, 0.25) is 0 Å². The molecular formula is C19H13F6NO4S. The number of ether oxygens (including phenoxy) is 1. The van der Waals surface area contributed by atoms with E-state index in [1.807, 2.05) is 0 Å². The zero-order valence-electron chi connectivity index (χ0n) is 15.5. The van der Waals surface area contributed by atoms with Crippen molar-refractivity contribution in [2.45, 2.75) is 28.9 Å². The molecule has 2 heterocycles. The van der Waals surface area contributed by atoms with Gasteiger partial charge in [-0.25, -0.2) is 8.42 Å². The highest BCUT2D eigenvalue weighted by Crippen LogP contribution is 2.41. The number of hydrogen-bond acceptors (Lipinski definition) is 5. The number of pyridine rings is 1. The Morgan fingerprint density at radius 3 is 2.19 bits per heavy atom. The van der Waals surface area contributed by atoms with E-state index in [1.165, 1.54) is 0 Å². The van der Waals surface area contributed by atoms with E-state index in [2.05, 4.69) is 4.98 Å². The Balaban J connectivity index is 2.09. The second-order valence-electron chi connectivity index (χ2n) is 6.66. The van der Waals surface area contributed by atoms with Crippen LogP contribution in [0.25, 0.3) is 5.76 Å². The smallest absolute Gasteiger partial charge is 0.417 e. The summed E-state index contributed by atoms with van der Waals surface area (Å²) >= 11 is 0. The number of aliphatic hydroxyl groups is 1. The van der Waals surface area contributed by atoms with Crippen molar-refractivity contribution in [2.24, 2.45) is 0 Å². The van der Waals surface area contributed by atoms with Gasteiger partial charge in [-0.3, -0.25) is 4.98 Å². The van der Waals surface area contributed by atoms with Crippen LogP contribution in [-0.4, -0.2) is 23.3 Å². The van der Waals surface area contributed by atoms with Gasteiger partial charge in [0.1, 0.15) is 5.69 Å². The number of aromatic nitrogens is 1. The topological polar surface area (TPSA) is 76.5 Å². The first kappa shape index (κ1) is 22.7. The van der Waals surface area contributed by atoms with Crippen LogP contribution in [0.3, 0.4) is 0 Å². The van der Waals surface area contributed by atoms with Crippen molar-refractivity contribution in [1.29, 1.82) is 0 Å². The van der Waals surface area contributed by atoms with Gasteiger partial charge in [0.05, 0.1) is 22.3 Å². The highest BCUT2D eigenvalue weighted by atomic mass is 32.2. The Labute approximate surface area is 172 Å². The second-order valence-corrected chi connectivity index (χ2v) is 8.99. The lowest BCUT2D eigenvalue weighted by atomic mass is 10.0. The molecule has 1 atom stereocenters. The van der Waals surface area contributed by atoms with Crippen LogP contribution >= 0.6 is 0 Å². The van der Waals surface area contributed by atoms with E-state index in [0.29, 0.717) is 24.4 Å². The number of halogens is 6. The number of alkyl halides is 6. The molecule has 12 heteroatoms. The average molecular weight is 465 g/mol. The Morgan fingerprint density at radius 2 is 1.65 bits per heavy atom. The number of benzene rings is 1. The highest BCUT2D eigenvalue weighted by Gasteiger charge is 2.47. The summed E-state index contributed by atoms with van der Waals surface area (Å²) in [4.78, 5) is 2.83. The van der Waals surface area contributed by atoms with Gasteiger partial charge in [0, 0.05) is 6.20 Å². The number of rotatable bonds is 3. The van der Waals surface area contributed by atoms with Crippen LogP contribution in [0, 0.1) is 0 Å². The van der Waals surface area contributed by atoms with Crippen LogP contribution in [-0.2, 0) is 26.9 Å². The Morgan fingerprint density at radius 1 is 1.00 bits per heavy atom. The first-order valence-electron chi connectivity index (χ1n) is 8.41. The molecule has 0 aliphatic carbocycles. The Hall–Kier alpha value is -3.02. The van der Waals surface area contributed by atoms with E-state index in [4.69, 9.17) is 4.74 Å². The quantitative estimate of drug-likeness (QED) is 0.637. The lowest BCUT2D eigenvalue weighted by molar-refractivity contribution is -0.138. The lowest BCUT2D eigenvalue weighted by Gasteiger charge is -2.29. The molecule has 1 N–H and O–H groups in total. The first-order valence-corrected chi connectivity index (χ1v) is 9.90. The van der Waals surface area contributed by atoms with Gasteiger partial charge in [-0.15, -0.1) is 0 Å². The first-order chi connectivity index (χ1) is 14.2. The zero-order valence-corrected chi connectivity index (χ0v) is 16.3. The van der Waals surface area contributed by atoms with E-state index in [-0.39, 0.29) is 5.69 Å². The molecule has 1 unspecified atom stereocenters. The van der Waals surface area contributed by atoms with Crippen LogP contribution < -0.4 is 0 Å². The summed E-state index contributed by atoms with van der Waals surface area (Å²) in [5.41, 5.74) is -2.59. The van der Waals surface area contributed by atoms with Crippen LogP contribution in [0.1, 0.15) is 23.7 Å². The number of sulfone groups is 1. The van der Waals surface area contributed by atoms with Gasteiger partial charge in [-0.2, -0.15) is 26.3 Å². The van der Waals surface area contributed by atoms with Gasteiger partial charge in [0.15, 0.2) is 26.1 Å². The second kappa shape index (κ2) is 7.29. The molecule has 0 radical (unpaired) electrons. The highest BCUT2D eigenvalue weighted by molar-refractivity contribution is 7.93. The Bertz CT molecular complexity index is 1170. The summed E-state index contributed by atoms with van der Waals surface area (Å²) in [6, 6.07) is 4.47. The van der Waals surface area contributed by atoms with Crippen molar-refractivity contribution in [1.82, 2.24) is 4.98 Å². The molecule has 1 aliphatic rings. The van der Waals surface area contributed by atoms with Crippen molar-refractivity contribution < 1.29 is 44.6 Å². The van der Waals surface area contributed by atoms with Crippen molar-refractivity contribution in [3.8, 4) is 0 Å². The molecule has 31 heavy (non-hydrogen) atoms. The number of aliphatic hydroxyl groups excluding tert-OH is 1. The van der Waals surface area contributed by atoms with E-state index >= 15 is 0 Å². The van der Waals surface area contributed by atoms with Crippen molar-refractivity contribution in [2.75, 3.05) is 0 Å². The maximum atomic E-state index is 13.1. The summed E-state index contributed by atoms with van der Waals surface area (Å²) < 4.78 is 106. The van der Waals surface area contributed by atoms with Crippen LogP contribution in [0.4, 0.5) is 26.3 Å². The molecule has 1 aromatic carbocycles. The van der Waals surface area contributed by atoms with Gasteiger partial charge in [0.2, 0.25) is 0 Å². The molecule has 0 fully saturated rings. The van der Waals surface area contributed by atoms with Gasteiger partial charge in [-0.1, -0.05) is 6.07 Å². The fraction of sp³-hybridized carbons (Fsp3) is 0.211. The predicted octanol–water partition coefficient (Wildman–Crippen LogP) is 5.12. The van der Waals surface area contributed by atoms with Gasteiger partial charge < -0.3 is 9.84 Å². The largest absolute Gasteiger partial charge is 0.506 e. The Kier molecular flexibility index (Phi) is 5.33. The van der Waals surface area contributed by atoms with E-state index in [0.717, 1.165) is 37.5 Å². The summed E-state index contributed by atoms with van der Waals surface area (Å²) in [5.74, 6) is -1.49. The predicted molar refractivity (Wildman–Crippen MR) is 96.0 cm³/mol. The third-order valence-corrected chi connectivity index (χ3v) is 6.93. The molecule has 0 saturated heterocycles.